The van der Waals surface area contributed by atoms with Gasteiger partial charge in [0.15, 0.2) is 0 Å². The first-order chi connectivity index (χ1) is 10.6. The Bertz CT molecular complexity index is 464. The molecule has 1 aromatic rings. The number of hydrogen-bond acceptors (Lipinski definition) is 4. The highest BCUT2D eigenvalue weighted by Crippen LogP contribution is 2.18. The SMILES string of the molecule is CNCCNC(=O)c1ccc(N2CCN(C(C)C)CC2)cc1. The van der Waals surface area contributed by atoms with E-state index in [-0.39, 0.29) is 5.91 Å². The number of carbonyl (C=O) groups excluding carboxylic acids is 1. The zero-order valence-electron chi connectivity index (χ0n) is 13.9. The number of carbonyl (C=O) groups is 1. The number of piperazine rings is 1. The van der Waals surface area contributed by atoms with Gasteiger partial charge in [-0.1, -0.05) is 0 Å². The molecule has 2 rings (SSSR count). The largest absolute Gasteiger partial charge is 0.369 e. The van der Waals surface area contributed by atoms with Crippen molar-refractivity contribution in [2.24, 2.45) is 0 Å². The van der Waals surface area contributed by atoms with Gasteiger partial charge in [-0.3, -0.25) is 9.69 Å². The number of likely N-dealkylation sites (N-methyl/N-ethyl adjacent to an activating group) is 1. The van der Waals surface area contributed by atoms with Crippen molar-refractivity contribution in [1.82, 2.24) is 15.5 Å². The van der Waals surface area contributed by atoms with Gasteiger partial charge in [0.25, 0.3) is 5.91 Å². The number of nitrogens with one attached hydrogen (secondary N) is 2. The molecule has 0 radical (unpaired) electrons. The van der Waals surface area contributed by atoms with E-state index >= 15 is 0 Å². The Labute approximate surface area is 133 Å². The molecule has 0 aromatic heterocycles. The van der Waals surface area contributed by atoms with Crippen LogP contribution in [0.5, 0.6) is 0 Å². The molecule has 1 aliphatic heterocycles. The highest BCUT2D eigenvalue weighted by molar-refractivity contribution is 5.94. The molecule has 0 bridgehead atoms. The van der Waals surface area contributed by atoms with E-state index in [1.807, 2.05) is 19.2 Å². The Kier molecular flexibility index (Phi) is 6.21. The fourth-order valence-corrected chi connectivity index (χ4v) is 2.72. The van der Waals surface area contributed by atoms with Crippen LogP contribution in [0.15, 0.2) is 24.3 Å². The molecule has 1 saturated heterocycles. The second kappa shape index (κ2) is 8.15. The third-order valence-electron chi connectivity index (χ3n) is 4.20. The summed E-state index contributed by atoms with van der Waals surface area (Å²) in [5.41, 5.74) is 1.93. The molecule has 2 N–H and O–H groups in total. The maximum Gasteiger partial charge on any atom is 0.251 e. The van der Waals surface area contributed by atoms with Crippen LogP contribution in [-0.4, -0.2) is 63.2 Å². The van der Waals surface area contributed by atoms with Gasteiger partial charge in [-0.2, -0.15) is 0 Å². The molecule has 1 aliphatic rings. The minimum Gasteiger partial charge on any atom is -0.369 e. The van der Waals surface area contributed by atoms with Crippen LogP contribution in [0.1, 0.15) is 24.2 Å². The first-order valence-corrected chi connectivity index (χ1v) is 8.13. The van der Waals surface area contributed by atoms with E-state index in [0.717, 1.165) is 38.3 Å². The Morgan fingerprint density at radius 1 is 1.09 bits per heavy atom. The zero-order chi connectivity index (χ0) is 15.9. The summed E-state index contributed by atoms with van der Waals surface area (Å²) in [7, 11) is 1.87. The third kappa shape index (κ3) is 4.45. The highest BCUT2D eigenvalue weighted by atomic mass is 16.1. The van der Waals surface area contributed by atoms with Crippen LogP contribution in [-0.2, 0) is 0 Å². The first-order valence-electron chi connectivity index (χ1n) is 8.13. The van der Waals surface area contributed by atoms with Crippen LogP contribution in [0.2, 0.25) is 0 Å². The van der Waals surface area contributed by atoms with E-state index in [9.17, 15) is 4.79 Å². The van der Waals surface area contributed by atoms with E-state index in [1.54, 1.807) is 0 Å². The van der Waals surface area contributed by atoms with Crippen molar-refractivity contribution in [2.75, 3.05) is 51.2 Å². The summed E-state index contributed by atoms with van der Waals surface area (Å²) in [6.07, 6.45) is 0. The lowest BCUT2D eigenvalue weighted by Crippen LogP contribution is -2.48. The molecule has 0 saturated carbocycles. The summed E-state index contributed by atoms with van der Waals surface area (Å²) in [5, 5.41) is 5.91. The highest BCUT2D eigenvalue weighted by Gasteiger charge is 2.19. The zero-order valence-corrected chi connectivity index (χ0v) is 13.9. The van der Waals surface area contributed by atoms with Gasteiger partial charge >= 0.3 is 0 Å². The monoisotopic (exact) mass is 304 g/mol. The summed E-state index contributed by atoms with van der Waals surface area (Å²) < 4.78 is 0. The number of rotatable bonds is 6. The normalized spacial score (nSPS) is 16.1. The van der Waals surface area contributed by atoms with Crippen molar-refractivity contribution in [3.05, 3.63) is 29.8 Å². The minimum absolute atomic E-state index is 0.00794. The number of benzene rings is 1. The van der Waals surface area contributed by atoms with Gasteiger partial charge in [0.2, 0.25) is 0 Å². The van der Waals surface area contributed by atoms with Gasteiger partial charge in [0, 0.05) is 56.6 Å². The predicted molar refractivity (Wildman–Crippen MR) is 91.6 cm³/mol. The fraction of sp³-hybridized carbons (Fsp3) is 0.588. The number of nitrogens with zero attached hydrogens (tertiary/aromatic N) is 2. The summed E-state index contributed by atoms with van der Waals surface area (Å²) in [6, 6.07) is 8.55. The van der Waals surface area contributed by atoms with Crippen LogP contribution in [0, 0.1) is 0 Å². The number of anilines is 1. The maximum atomic E-state index is 12.0. The van der Waals surface area contributed by atoms with Crippen LogP contribution in [0.25, 0.3) is 0 Å². The number of hydrogen-bond donors (Lipinski definition) is 2. The molecular formula is C17H28N4O. The Morgan fingerprint density at radius 3 is 2.27 bits per heavy atom. The second-order valence-electron chi connectivity index (χ2n) is 6.02. The van der Waals surface area contributed by atoms with Crippen LogP contribution >= 0.6 is 0 Å². The quantitative estimate of drug-likeness (QED) is 0.775. The molecule has 5 nitrogen and oxygen atoms in total. The molecule has 1 amide bonds. The van der Waals surface area contributed by atoms with Crippen molar-refractivity contribution in [3.8, 4) is 0 Å². The van der Waals surface area contributed by atoms with Gasteiger partial charge in [-0.25, -0.2) is 0 Å². The van der Waals surface area contributed by atoms with E-state index in [4.69, 9.17) is 0 Å². The Hall–Kier alpha value is -1.59. The van der Waals surface area contributed by atoms with E-state index in [0.29, 0.717) is 12.6 Å². The van der Waals surface area contributed by atoms with Crippen molar-refractivity contribution < 1.29 is 4.79 Å². The van der Waals surface area contributed by atoms with Crippen molar-refractivity contribution in [2.45, 2.75) is 19.9 Å². The average molecular weight is 304 g/mol. The molecule has 1 heterocycles. The van der Waals surface area contributed by atoms with Gasteiger partial charge < -0.3 is 15.5 Å². The van der Waals surface area contributed by atoms with Gasteiger partial charge in [-0.15, -0.1) is 0 Å². The van der Waals surface area contributed by atoms with Crippen LogP contribution in [0.3, 0.4) is 0 Å². The molecule has 0 spiro atoms. The standard InChI is InChI=1S/C17H28N4O/c1-14(2)20-10-12-21(13-11-20)16-6-4-15(5-7-16)17(22)19-9-8-18-3/h4-7,14,18H,8-13H2,1-3H3,(H,19,22). The average Bonchev–Trinajstić information content (AvgIpc) is 2.55. The topological polar surface area (TPSA) is 47.6 Å². The molecular weight excluding hydrogens is 276 g/mol. The van der Waals surface area contributed by atoms with E-state index < -0.39 is 0 Å². The van der Waals surface area contributed by atoms with E-state index in [1.165, 1.54) is 5.69 Å². The summed E-state index contributed by atoms with van der Waals surface area (Å²) in [6.45, 7) is 10.2. The third-order valence-corrected chi connectivity index (χ3v) is 4.20. The van der Waals surface area contributed by atoms with Crippen molar-refractivity contribution in [1.29, 1.82) is 0 Å². The lowest BCUT2D eigenvalue weighted by molar-refractivity contribution is 0.0954. The fourth-order valence-electron chi connectivity index (χ4n) is 2.72. The molecule has 1 aromatic carbocycles. The summed E-state index contributed by atoms with van der Waals surface area (Å²) >= 11 is 0. The van der Waals surface area contributed by atoms with Crippen LogP contribution in [0.4, 0.5) is 5.69 Å². The number of amides is 1. The molecule has 0 aliphatic carbocycles. The molecule has 0 atom stereocenters. The molecule has 22 heavy (non-hydrogen) atoms. The van der Waals surface area contributed by atoms with Gasteiger partial charge in [0.1, 0.15) is 0 Å². The van der Waals surface area contributed by atoms with Crippen molar-refractivity contribution in [3.63, 3.8) is 0 Å². The minimum atomic E-state index is -0.00794. The summed E-state index contributed by atoms with van der Waals surface area (Å²) in [5.74, 6) is -0.00794. The molecule has 1 fully saturated rings. The predicted octanol–water partition coefficient (Wildman–Crippen LogP) is 1.17. The molecule has 0 unspecified atom stereocenters. The smallest absolute Gasteiger partial charge is 0.251 e. The lowest BCUT2D eigenvalue weighted by Gasteiger charge is -2.38. The van der Waals surface area contributed by atoms with Gasteiger partial charge in [0.05, 0.1) is 0 Å². The first kappa shape index (κ1) is 16.8. The van der Waals surface area contributed by atoms with Crippen molar-refractivity contribution >= 4 is 11.6 Å². The second-order valence-corrected chi connectivity index (χ2v) is 6.02. The Morgan fingerprint density at radius 2 is 1.73 bits per heavy atom. The van der Waals surface area contributed by atoms with E-state index in [2.05, 4.69) is 46.4 Å². The maximum absolute atomic E-state index is 12.0. The van der Waals surface area contributed by atoms with Crippen LogP contribution < -0.4 is 15.5 Å². The molecule has 122 valence electrons. The lowest BCUT2D eigenvalue weighted by atomic mass is 10.1. The molecule has 5 heteroatoms. The Balaban J connectivity index is 1.88. The van der Waals surface area contributed by atoms with Gasteiger partial charge in [-0.05, 0) is 45.2 Å². The summed E-state index contributed by atoms with van der Waals surface area (Å²) in [4.78, 5) is 16.9.